The maximum atomic E-state index is 12.2. The minimum Gasteiger partial charge on any atom is -0.335 e. The Kier molecular flexibility index (Phi) is 4.14. The Morgan fingerprint density at radius 1 is 1.50 bits per heavy atom. The number of rotatable bonds is 3. The molecule has 94 valence electrons. The lowest BCUT2D eigenvalue weighted by molar-refractivity contribution is 0.0779. The second-order valence-corrected chi connectivity index (χ2v) is 5.88. The van der Waals surface area contributed by atoms with Crippen LogP contribution >= 0.6 is 27.3 Å². The van der Waals surface area contributed by atoms with Gasteiger partial charge in [-0.1, -0.05) is 0 Å². The molecule has 0 atom stereocenters. The number of carbonyl (C=O) groups is 1. The van der Waals surface area contributed by atoms with Gasteiger partial charge in [-0.15, -0.1) is 11.3 Å². The summed E-state index contributed by atoms with van der Waals surface area (Å²) < 4.78 is 0.727. The van der Waals surface area contributed by atoms with Crippen LogP contribution in [0.3, 0.4) is 0 Å². The second-order valence-electron chi connectivity index (χ2n) is 4.02. The van der Waals surface area contributed by atoms with E-state index in [1.807, 2.05) is 11.4 Å². The third-order valence-corrected chi connectivity index (χ3v) is 4.30. The molecule has 0 N–H and O–H groups in total. The molecule has 0 unspecified atom stereocenters. The average molecular weight is 325 g/mol. The number of aryl methyl sites for hydroxylation is 1. The molecule has 0 aliphatic heterocycles. The number of halogens is 1. The van der Waals surface area contributed by atoms with Gasteiger partial charge in [0.1, 0.15) is 5.69 Å². The topological polar surface area (TPSA) is 33.2 Å². The van der Waals surface area contributed by atoms with Crippen LogP contribution in [-0.2, 0) is 6.54 Å². The van der Waals surface area contributed by atoms with Crippen molar-refractivity contribution < 1.29 is 4.79 Å². The van der Waals surface area contributed by atoms with Crippen molar-refractivity contribution in [1.82, 2.24) is 9.88 Å². The Morgan fingerprint density at radius 2 is 2.28 bits per heavy atom. The van der Waals surface area contributed by atoms with E-state index >= 15 is 0 Å². The van der Waals surface area contributed by atoms with Crippen molar-refractivity contribution in [3.05, 3.63) is 50.4 Å². The van der Waals surface area contributed by atoms with Gasteiger partial charge in [-0.2, -0.15) is 0 Å². The Balaban J connectivity index is 2.15. The largest absolute Gasteiger partial charge is 0.335 e. The maximum absolute atomic E-state index is 12.2. The number of amides is 1. The molecule has 0 aliphatic rings. The number of hydrogen-bond donors (Lipinski definition) is 0. The molecule has 0 saturated heterocycles. The lowest BCUT2D eigenvalue weighted by Gasteiger charge is -2.17. The van der Waals surface area contributed by atoms with Crippen LogP contribution in [0.5, 0.6) is 0 Å². The standard InChI is InChI=1S/C13H13BrN2OS/c1-9-5-7-18-11(9)8-16(2)13(17)12-10(14)4-3-6-15-12/h3-7H,8H2,1-2H3. The number of nitrogens with zero attached hydrogens (tertiary/aromatic N) is 2. The summed E-state index contributed by atoms with van der Waals surface area (Å²) in [6, 6.07) is 5.68. The van der Waals surface area contributed by atoms with E-state index < -0.39 is 0 Å². The van der Waals surface area contributed by atoms with E-state index in [4.69, 9.17) is 0 Å². The van der Waals surface area contributed by atoms with Crippen LogP contribution in [0.4, 0.5) is 0 Å². The number of carbonyl (C=O) groups excluding carboxylic acids is 1. The highest BCUT2D eigenvalue weighted by atomic mass is 79.9. The fraction of sp³-hybridized carbons (Fsp3) is 0.231. The summed E-state index contributed by atoms with van der Waals surface area (Å²) in [4.78, 5) is 19.3. The smallest absolute Gasteiger partial charge is 0.273 e. The summed E-state index contributed by atoms with van der Waals surface area (Å²) in [5, 5.41) is 2.04. The summed E-state index contributed by atoms with van der Waals surface area (Å²) in [5.41, 5.74) is 1.67. The van der Waals surface area contributed by atoms with Crippen molar-refractivity contribution in [2.24, 2.45) is 0 Å². The first-order valence-electron chi connectivity index (χ1n) is 5.48. The Labute approximate surface area is 119 Å². The van der Waals surface area contributed by atoms with Gasteiger partial charge in [0.15, 0.2) is 0 Å². The van der Waals surface area contributed by atoms with E-state index in [1.165, 1.54) is 10.4 Å². The van der Waals surface area contributed by atoms with Crippen molar-refractivity contribution in [1.29, 1.82) is 0 Å². The summed E-state index contributed by atoms with van der Waals surface area (Å²) in [6.07, 6.45) is 1.63. The van der Waals surface area contributed by atoms with E-state index in [2.05, 4.69) is 33.9 Å². The molecular formula is C13H13BrN2OS. The van der Waals surface area contributed by atoms with Gasteiger partial charge in [-0.05, 0) is 52.0 Å². The zero-order chi connectivity index (χ0) is 13.1. The highest BCUT2D eigenvalue weighted by Crippen LogP contribution is 2.20. The molecule has 2 heterocycles. The van der Waals surface area contributed by atoms with Crippen LogP contribution in [0.2, 0.25) is 0 Å². The number of aromatic nitrogens is 1. The lowest BCUT2D eigenvalue weighted by Crippen LogP contribution is -2.27. The minimum atomic E-state index is -0.0738. The number of thiophene rings is 1. The fourth-order valence-electron chi connectivity index (χ4n) is 1.58. The molecule has 0 fully saturated rings. The first-order chi connectivity index (χ1) is 8.59. The van der Waals surface area contributed by atoms with Gasteiger partial charge in [0, 0.05) is 22.6 Å². The van der Waals surface area contributed by atoms with E-state index in [0.717, 1.165) is 4.47 Å². The van der Waals surface area contributed by atoms with Gasteiger partial charge < -0.3 is 4.90 Å². The molecule has 18 heavy (non-hydrogen) atoms. The lowest BCUT2D eigenvalue weighted by atomic mass is 10.2. The monoisotopic (exact) mass is 324 g/mol. The van der Waals surface area contributed by atoms with Crippen LogP contribution in [0.1, 0.15) is 20.9 Å². The van der Waals surface area contributed by atoms with E-state index in [-0.39, 0.29) is 5.91 Å². The van der Waals surface area contributed by atoms with Gasteiger partial charge in [0.25, 0.3) is 5.91 Å². The summed E-state index contributed by atoms with van der Waals surface area (Å²) in [6.45, 7) is 2.67. The van der Waals surface area contributed by atoms with Gasteiger partial charge >= 0.3 is 0 Å². The molecule has 0 spiro atoms. The number of pyridine rings is 1. The maximum Gasteiger partial charge on any atom is 0.273 e. The van der Waals surface area contributed by atoms with Crippen LogP contribution < -0.4 is 0 Å². The first kappa shape index (κ1) is 13.2. The fourth-order valence-corrected chi connectivity index (χ4v) is 2.96. The zero-order valence-corrected chi connectivity index (χ0v) is 12.6. The van der Waals surface area contributed by atoms with Gasteiger partial charge in [-0.3, -0.25) is 4.79 Å². The van der Waals surface area contributed by atoms with E-state index in [0.29, 0.717) is 12.2 Å². The zero-order valence-electron chi connectivity index (χ0n) is 10.2. The molecule has 0 aliphatic carbocycles. The van der Waals surface area contributed by atoms with Crippen molar-refractivity contribution >= 4 is 33.2 Å². The molecular weight excluding hydrogens is 312 g/mol. The predicted octanol–water partition coefficient (Wildman–Crippen LogP) is 3.49. The summed E-state index contributed by atoms with van der Waals surface area (Å²) in [5.74, 6) is -0.0738. The molecule has 2 rings (SSSR count). The van der Waals surface area contributed by atoms with E-state index in [1.54, 1.807) is 35.5 Å². The second kappa shape index (κ2) is 5.63. The average Bonchev–Trinajstić information content (AvgIpc) is 2.75. The highest BCUT2D eigenvalue weighted by Gasteiger charge is 2.17. The summed E-state index contributed by atoms with van der Waals surface area (Å²) >= 11 is 5.02. The molecule has 5 heteroatoms. The van der Waals surface area contributed by atoms with Gasteiger partial charge in [0.05, 0.1) is 6.54 Å². The Morgan fingerprint density at radius 3 is 2.89 bits per heavy atom. The normalized spacial score (nSPS) is 10.4. The molecule has 1 amide bonds. The predicted molar refractivity (Wildman–Crippen MR) is 76.8 cm³/mol. The SMILES string of the molecule is Cc1ccsc1CN(C)C(=O)c1ncccc1Br. The van der Waals surface area contributed by atoms with Crippen LogP contribution in [0.15, 0.2) is 34.2 Å². The molecule has 0 saturated carbocycles. The quantitative estimate of drug-likeness (QED) is 0.865. The van der Waals surface area contributed by atoms with Crippen LogP contribution in [-0.4, -0.2) is 22.8 Å². The molecule has 0 aromatic carbocycles. The minimum absolute atomic E-state index is 0.0738. The van der Waals surface area contributed by atoms with Gasteiger partial charge in [-0.25, -0.2) is 4.98 Å². The molecule has 2 aromatic rings. The Hall–Kier alpha value is -1.20. The van der Waals surface area contributed by atoms with Crippen molar-refractivity contribution in [3.63, 3.8) is 0 Å². The molecule has 0 radical (unpaired) electrons. The van der Waals surface area contributed by atoms with Crippen LogP contribution in [0, 0.1) is 6.92 Å². The van der Waals surface area contributed by atoms with E-state index in [9.17, 15) is 4.79 Å². The molecule has 2 aromatic heterocycles. The third kappa shape index (κ3) is 2.79. The Bertz CT molecular complexity index is 568. The molecule has 3 nitrogen and oxygen atoms in total. The van der Waals surface area contributed by atoms with Crippen molar-refractivity contribution in [2.45, 2.75) is 13.5 Å². The van der Waals surface area contributed by atoms with Gasteiger partial charge in [0.2, 0.25) is 0 Å². The van der Waals surface area contributed by atoms with Crippen molar-refractivity contribution in [2.75, 3.05) is 7.05 Å². The molecule has 0 bridgehead atoms. The first-order valence-corrected chi connectivity index (χ1v) is 7.16. The number of hydrogen-bond acceptors (Lipinski definition) is 3. The van der Waals surface area contributed by atoms with Crippen molar-refractivity contribution in [3.8, 4) is 0 Å². The highest BCUT2D eigenvalue weighted by molar-refractivity contribution is 9.10. The third-order valence-electron chi connectivity index (χ3n) is 2.66. The van der Waals surface area contributed by atoms with Crippen LogP contribution in [0.25, 0.3) is 0 Å². The summed E-state index contributed by atoms with van der Waals surface area (Å²) in [7, 11) is 1.79.